The van der Waals surface area contributed by atoms with Crippen molar-refractivity contribution < 1.29 is 65.0 Å². The van der Waals surface area contributed by atoms with Gasteiger partial charge in [0.15, 0.2) is 6.29 Å². The third-order valence-corrected chi connectivity index (χ3v) is 25.8. The first kappa shape index (κ1) is 61.2. The number of imidazole rings is 2. The Labute approximate surface area is 498 Å². The molecule has 2 saturated heterocycles. The molecule has 5 saturated carbocycles. The van der Waals surface area contributed by atoms with Gasteiger partial charge in [0.2, 0.25) is 5.91 Å². The van der Waals surface area contributed by atoms with Crippen molar-refractivity contribution in [3.8, 4) is 11.8 Å². The van der Waals surface area contributed by atoms with Crippen LogP contribution in [0.2, 0.25) is 0 Å². The topological polar surface area (TPSA) is 366 Å². The van der Waals surface area contributed by atoms with Crippen LogP contribution in [0.4, 0.5) is 5.82 Å². The number of carbonyl (C=O) groups excluding carboxylic acids is 1. The van der Waals surface area contributed by atoms with Crippen LogP contribution in [0.15, 0.2) is 30.5 Å². The minimum atomic E-state index is -1.72. The average molecular weight is 1190 g/mol. The molecule has 12 rings (SSSR count). The number of carbonyl (C=O) groups is 2. The van der Waals surface area contributed by atoms with Gasteiger partial charge in [0.25, 0.3) is 0 Å². The SMILES string of the molecule is CCNCCNC[C@@H]([C@H](O)[C@@H](c1cnc[nH]1)[C@@H]1NC(=O)[C@@]23CCC[C@@H]2C#C[C@H]2C=C4[C@@H]5C[C@@](C)(CO)CC[C@]5(C(=O)O)[C@H]5CNc6nc[nH]c6C[C@@H]5[C@@]4(C)[C@]4(C)CC[C@@H]5[C@](C)(CO)[C@H](O[C@@H]6OC[C@@H](O)[C@H](O)[C@H]6O)[C@H](O)[C@H](C[C@@H]13)[C@]5(C)[C@@H]24)[C@@H](N)O. The number of aliphatic hydroxyl groups excluding tert-OH is 8. The summed E-state index contributed by atoms with van der Waals surface area (Å²) in [5.41, 5.74) is 2.18. The highest BCUT2D eigenvalue weighted by Crippen LogP contribution is 2.80. The molecule has 0 radical (unpaired) electrons. The van der Waals surface area contributed by atoms with Gasteiger partial charge >= 0.3 is 5.97 Å². The molecule has 7 aliphatic carbocycles. The number of H-pyrrole nitrogens is 2. The number of anilines is 1. The Hall–Kier alpha value is -4.06. The number of nitrogens with zero attached hydrogens (tertiary/aromatic N) is 2. The third kappa shape index (κ3) is 8.80. The maximum atomic E-state index is 15.8. The van der Waals surface area contributed by atoms with E-state index in [-0.39, 0.29) is 38.0 Å². The number of allylic oxidation sites excluding steroid dienone is 2. The molecule has 85 heavy (non-hydrogen) atoms. The van der Waals surface area contributed by atoms with E-state index in [1.807, 2.05) is 13.8 Å². The minimum absolute atomic E-state index is 0.106. The molecule has 3 aliphatic heterocycles. The number of fused-ring (bicyclic) bond motifs is 8. The summed E-state index contributed by atoms with van der Waals surface area (Å²) in [4.78, 5) is 46.4. The monoisotopic (exact) mass is 1190 g/mol. The molecule has 0 aromatic carbocycles. The van der Waals surface area contributed by atoms with Crippen molar-refractivity contribution in [2.45, 2.75) is 167 Å². The second-order valence-corrected chi connectivity index (χ2v) is 29.2. The third-order valence-electron chi connectivity index (χ3n) is 25.8. The van der Waals surface area contributed by atoms with Gasteiger partial charge in [-0.2, -0.15) is 0 Å². The van der Waals surface area contributed by atoms with Crippen LogP contribution in [0.25, 0.3) is 0 Å². The minimum Gasteiger partial charge on any atom is -0.481 e. The largest absolute Gasteiger partial charge is 0.481 e. The van der Waals surface area contributed by atoms with E-state index in [0.29, 0.717) is 88.9 Å². The van der Waals surface area contributed by atoms with Crippen molar-refractivity contribution in [2.75, 3.05) is 57.9 Å². The van der Waals surface area contributed by atoms with Gasteiger partial charge in [-0.25, -0.2) is 9.97 Å². The summed E-state index contributed by atoms with van der Waals surface area (Å²) in [7, 11) is 0. The molecule has 2 aromatic heterocycles. The van der Waals surface area contributed by atoms with Crippen LogP contribution in [0.1, 0.15) is 117 Å². The van der Waals surface area contributed by atoms with Gasteiger partial charge in [0, 0.05) is 79.8 Å². The van der Waals surface area contributed by atoms with E-state index in [0.717, 1.165) is 17.8 Å². The predicted octanol–water partition coefficient (Wildman–Crippen LogP) is 1.18. The van der Waals surface area contributed by atoms with Crippen LogP contribution in [-0.2, 0) is 25.5 Å². The zero-order chi connectivity index (χ0) is 60.6. The van der Waals surface area contributed by atoms with Crippen molar-refractivity contribution >= 4 is 17.7 Å². The number of hydrogen-bond acceptors (Lipinski definition) is 18. The number of aliphatic hydroxyl groups is 8. The van der Waals surface area contributed by atoms with Gasteiger partial charge in [-0.15, -0.1) is 0 Å². The molecule has 0 bridgehead atoms. The molecule has 1 spiro atoms. The van der Waals surface area contributed by atoms with Crippen LogP contribution in [0.3, 0.4) is 0 Å². The fourth-order valence-electron chi connectivity index (χ4n) is 21.5. The molecular weight excluding hydrogens is 1090 g/mol. The van der Waals surface area contributed by atoms with E-state index in [9.17, 15) is 50.8 Å². The number of nitrogens with two attached hydrogens (primary N) is 1. The molecule has 5 heterocycles. The van der Waals surface area contributed by atoms with Gasteiger partial charge in [0.05, 0.1) is 60.7 Å². The fraction of sp³-hybridized carbons (Fsp3) is 0.810. The number of aliphatic carboxylic acids is 1. The van der Waals surface area contributed by atoms with E-state index in [2.05, 4.69) is 81.8 Å². The Morgan fingerprint density at radius 2 is 1.71 bits per heavy atom. The molecule has 1 amide bonds. The highest BCUT2D eigenvalue weighted by atomic mass is 16.7. The summed E-state index contributed by atoms with van der Waals surface area (Å²) < 4.78 is 12.9. The first-order valence-electron chi connectivity index (χ1n) is 31.7. The number of nitrogens with one attached hydrogen (secondary N) is 6. The molecular formula is C63H95N9O13. The molecule has 27 atom stereocenters. The van der Waals surface area contributed by atoms with Gasteiger partial charge in [-0.1, -0.05) is 71.5 Å². The zero-order valence-electron chi connectivity index (χ0n) is 50.2. The number of likely N-dealkylation sites (N-methyl/N-ethyl adjacent to an activating group) is 1. The lowest BCUT2D eigenvalue weighted by Gasteiger charge is -2.76. The van der Waals surface area contributed by atoms with Gasteiger partial charge < -0.3 is 92.4 Å². The quantitative estimate of drug-likeness (QED) is 0.0369. The van der Waals surface area contributed by atoms with E-state index >= 15 is 4.79 Å². The van der Waals surface area contributed by atoms with Crippen LogP contribution < -0.4 is 27.0 Å². The Morgan fingerprint density at radius 3 is 2.41 bits per heavy atom. The summed E-state index contributed by atoms with van der Waals surface area (Å²) in [6.45, 7) is 14.5. The average Bonchev–Trinajstić information content (AvgIpc) is 0.832. The number of aromatic amines is 2. The molecule has 2 aromatic rings. The van der Waals surface area contributed by atoms with E-state index in [1.165, 1.54) is 6.33 Å². The molecule has 0 unspecified atom stereocenters. The van der Waals surface area contributed by atoms with Crippen LogP contribution >= 0.6 is 0 Å². The Bertz CT molecular complexity index is 2900. The normalized spacial score (nSPS) is 47.3. The summed E-state index contributed by atoms with van der Waals surface area (Å²) in [6, 6.07) is -0.841. The first-order valence-corrected chi connectivity index (χ1v) is 31.7. The number of aromatic nitrogens is 4. The van der Waals surface area contributed by atoms with Crippen LogP contribution in [0, 0.1) is 109 Å². The zero-order valence-corrected chi connectivity index (χ0v) is 50.2. The Balaban J connectivity index is 1.09. The number of ether oxygens (including phenoxy) is 2. The summed E-state index contributed by atoms with van der Waals surface area (Å²) in [6.07, 6.45) is 0.162. The van der Waals surface area contributed by atoms with Crippen molar-refractivity contribution in [3.63, 3.8) is 0 Å². The molecule has 22 nitrogen and oxygen atoms in total. The van der Waals surface area contributed by atoms with Gasteiger partial charge in [0.1, 0.15) is 30.4 Å². The second-order valence-electron chi connectivity index (χ2n) is 29.2. The first-order chi connectivity index (χ1) is 40.5. The standard InChI is InChI=1S/C63H95N9O13/c1-7-65-17-18-66-23-33(52(64)80)46(76)44(41-25-67-29-69-41)45-36-20-37-47(77)51(85-54-49(79)48(78)42(75)26-84-54)58(3,28-74)43-12-14-59(4)50(60(37,43)5)31(10-11-32-9-8-13-62(32,36)55(81)72-45)19-34-38-22-57(2,27-73)15-16-63(38,56(82)83)39-24-68-53-40(70-30-71-53)21-35(39)61(34,59)6/h19,25,29-33,35-39,42-52,54,65-66,68,73-80H,7-9,12-18,20-24,26-28,64H2,1-6H3,(H,67,69)(H,70,71)(H,72,81)(H,82,83)/t31-,32+,33-,35-,36-,37-,38-,39-,42+,43+,44-,45+,46-,47+,48-,49+,50-,51+,52-,54-,57-,58-,59+,60-,61-,62-,63+/m0/s1. The summed E-state index contributed by atoms with van der Waals surface area (Å²) >= 11 is 0. The predicted molar refractivity (Wildman–Crippen MR) is 310 cm³/mol. The number of carboxylic acids is 1. The number of amides is 1. The molecule has 22 heteroatoms. The maximum absolute atomic E-state index is 15.8. The maximum Gasteiger partial charge on any atom is 0.310 e. The van der Waals surface area contributed by atoms with Crippen molar-refractivity contribution in [3.05, 3.63) is 41.9 Å². The highest BCUT2D eigenvalue weighted by Gasteiger charge is 2.79. The Morgan fingerprint density at radius 1 is 0.929 bits per heavy atom. The van der Waals surface area contributed by atoms with Crippen molar-refractivity contribution in [1.29, 1.82) is 0 Å². The van der Waals surface area contributed by atoms with E-state index in [1.54, 1.807) is 12.5 Å². The lowest BCUT2D eigenvalue weighted by Crippen LogP contribution is -2.75. The van der Waals surface area contributed by atoms with E-state index in [4.69, 9.17) is 20.2 Å². The second kappa shape index (κ2) is 22.2. The smallest absolute Gasteiger partial charge is 0.310 e. The Kier molecular flexibility index (Phi) is 16.0. The molecule has 7 fully saturated rings. The molecule has 10 aliphatic rings. The number of hydrogen-bond donors (Lipinski definition) is 16. The van der Waals surface area contributed by atoms with Gasteiger partial charge in [-0.3, -0.25) is 9.59 Å². The molecule has 17 N–H and O–H groups in total. The van der Waals surface area contributed by atoms with E-state index < -0.39 is 165 Å². The van der Waals surface area contributed by atoms with Crippen LogP contribution in [0.5, 0.6) is 0 Å². The summed E-state index contributed by atoms with van der Waals surface area (Å²) in [5.74, 6) is 1.07. The van der Waals surface area contributed by atoms with Crippen LogP contribution in [-0.4, -0.2) is 185 Å². The lowest BCUT2D eigenvalue weighted by atomic mass is 9.28. The highest BCUT2D eigenvalue weighted by molar-refractivity contribution is 5.87. The lowest BCUT2D eigenvalue weighted by molar-refractivity contribution is -0.343. The fourth-order valence-corrected chi connectivity index (χ4v) is 21.5. The van der Waals surface area contributed by atoms with Gasteiger partial charge in [-0.05, 0) is 127 Å². The number of carboxylic acid groups (broad SMARTS) is 1. The van der Waals surface area contributed by atoms with Crippen molar-refractivity contribution in [1.82, 2.24) is 35.9 Å². The number of rotatable bonds is 16. The molecule has 470 valence electrons. The van der Waals surface area contributed by atoms with Crippen molar-refractivity contribution in [2.24, 2.45) is 103 Å². The summed E-state index contributed by atoms with van der Waals surface area (Å²) in [5, 5.41) is 121.